The van der Waals surface area contributed by atoms with E-state index in [-0.39, 0.29) is 17.5 Å². The maximum Gasteiger partial charge on any atom is 0.358 e. The lowest BCUT2D eigenvalue weighted by molar-refractivity contribution is 0.0469. The summed E-state index contributed by atoms with van der Waals surface area (Å²) in [5, 5.41) is 2.17. The molecule has 2 rings (SSSR count). The third-order valence-corrected chi connectivity index (χ3v) is 2.80. The van der Waals surface area contributed by atoms with Gasteiger partial charge in [-0.25, -0.2) is 14.8 Å². The number of esters is 1. The molecule has 0 N–H and O–H groups in total. The average molecular weight is 255 g/mol. The van der Waals surface area contributed by atoms with Gasteiger partial charge >= 0.3 is 5.97 Å². The molecule has 0 aliphatic rings. The Kier molecular flexibility index (Phi) is 3.48. The Bertz CT molecular complexity index is 470. The molecule has 2 aromatic rings. The zero-order valence-corrected chi connectivity index (χ0v) is 9.66. The molecule has 2 aromatic heterocycles. The third-order valence-electron chi connectivity index (χ3n) is 1.76. The first-order chi connectivity index (χ1) is 7.75. The molecular weight excluding hydrogens is 248 g/mol. The van der Waals surface area contributed by atoms with Crippen LogP contribution in [-0.2, 0) is 11.3 Å². The lowest BCUT2D eigenvalue weighted by Gasteiger charge is -2.01. The van der Waals surface area contributed by atoms with E-state index in [1.54, 1.807) is 0 Å². The molecule has 0 atom stereocenters. The lowest BCUT2D eigenvalue weighted by atomic mass is 10.4. The number of nitrogens with zero attached hydrogens (tertiary/aromatic N) is 2. The molecule has 2 heterocycles. The van der Waals surface area contributed by atoms with Gasteiger partial charge in [-0.15, -0.1) is 11.3 Å². The van der Waals surface area contributed by atoms with E-state index < -0.39 is 5.97 Å². The van der Waals surface area contributed by atoms with Crippen molar-refractivity contribution in [2.45, 2.75) is 6.61 Å². The second-order valence-corrected chi connectivity index (χ2v) is 4.30. The van der Waals surface area contributed by atoms with Crippen LogP contribution in [0.2, 0.25) is 5.15 Å². The lowest BCUT2D eigenvalue weighted by Crippen LogP contribution is -2.07. The second kappa shape index (κ2) is 5.05. The van der Waals surface area contributed by atoms with Gasteiger partial charge in [0.05, 0.1) is 12.4 Å². The Labute approximate surface area is 101 Å². The van der Waals surface area contributed by atoms with Gasteiger partial charge in [-0.2, -0.15) is 0 Å². The van der Waals surface area contributed by atoms with Crippen molar-refractivity contribution in [2.75, 3.05) is 0 Å². The number of hydrogen-bond donors (Lipinski definition) is 0. The van der Waals surface area contributed by atoms with Gasteiger partial charge in [0.25, 0.3) is 0 Å². The van der Waals surface area contributed by atoms with Crippen LogP contribution in [0.1, 0.15) is 15.4 Å². The fourth-order valence-electron chi connectivity index (χ4n) is 1.02. The first-order valence-corrected chi connectivity index (χ1v) is 5.68. The van der Waals surface area contributed by atoms with E-state index in [2.05, 4.69) is 9.97 Å². The first kappa shape index (κ1) is 11.0. The summed E-state index contributed by atoms with van der Waals surface area (Å²) < 4.78 is 5.04. The zero-order chi connectivity index (χ0) is 11.4. The predicted molar refractivity (Wildman–Crippen MR) is 60.5 cm³/mol. The minimum atomic E-state index is -0.502. The molecule has 4 nitrogen and oxygen atoms in total. The number of rotatable bonds is 3. The van der Waals surface area contributed by atoms with Crippen molar-refractivity contribution in [2.24, 2.45) is 0 Å². The number of ether oxygens (including phenoxy) is 1. The van der Waals surface area contributed by atoms with Gasteiger partial charge in [-0.1, -0.05) is 17.7 Å². The van der Waals surface area contributed by atoms with E-state index in [1.165, 1.54) is 23.7 Å². The molecule has 0 fully saturated rings. The van der Waals surface area contributed by atoms with Crippen molar-refractivity contribution in [3.63, 3.8) is 0 Å². The van der Waals surface area contributed by atoms with Crippen LogP contribution >= 0.6 is 22.9 Å². The van der Waals surface area contributed by atoms with E-state index >= 15 is 0 Å². The summed E-state index contributed by atoms with van der Waals surface area (Å²) in [5.74, 6) is -0.502. The number of halogens is 1. The Hall–Kier alpha value is -1.46. The molecule has 0 saturated carbocycles. The van der Waals surface area contributed by atoms with E-state index in [1.807, 2.05) is 17.5 Å². The maximum atomic E-state index is 11.5. The van der Waals surface area contributed by atoms with Gasteiger partial charge in [0.1, 0.15) is 11.8 Å². The summed E-state index contributed by atoms with van der Waals surface area (Å²) in [4.78, 5) is 20.0. The van der Waals surface area contributed by atoms with E-state index in [4.69, 9.17) is 16.3 Å². The molecule has 16 heavy (non-hydrogen) atoms. The fraction of sp³-hybridized carbons (Fsp3) is 0.100. The fourth-order valence-corrected chi connectivity index (χ4v) is 1.74. The maximum absolute atomic E-state index is 11.5. The summed E-state index contributed by atoms with van der Waals surface area (Å²) in [7, 11) is 0. The van der Waals surface area contributed by atoms with Gasteiger partial charge in [0, 0.05) is 4.88 Å². The molecule has 0 aromatic carbocycles. The Morgan fingerprint density at radius 3 is 2.94 bits per heavy atom. The van der Waals surface area contributed by atoms with Crippen molar-refractivity contribution >= 4 is 28.9 Å². The van der Waals surface area contributed by atoms with E-state index in [0.717, 1.165) is 4.88 Å². The molecule has 82 valence electrons. The standard InChI is InChI=1S/C10H7ClN2O2S/c11-9-5-12-8(4-13-9)10(14)15-6-7-2-1-3-16-7/h1-5H,6H2. The molecule has 0 saturated heterocycles. The molecular formula is C10H7ClN2O2S. The van der Waals surface area contributed by atoms with E-state index in [9.17, 15) is 4.79 Å². The van der Waals surface area contributed by atoms with Gasteiger partial charge in [0.15, 0.2) is 5.69 Å². The monoisotopic (exact) mass is 254 g/mol. The van der Waals surface area contributed by atoms with Crippen LogP contribution in [0.4, 0.5) is 0 Å². The predicted octanol–water partition coefficient (Wildman–Crippen LogP) is 2.55. The minimum absolute atomic E-state index is 0.154. The highest BCUT2D eigenvalue weighted by Gasteiger charge is 2.09. The quantitative estimate of drug-likeness (QED) is 0.790. The molecule has 0 aliphatic carbocycles. The van der Waals surface area contributed by atoms with Crippen LogP contribution in [0.25, 0.3) is 0 Å². The normalized spacial score (nSPS) is 10.1. The van der Waals surface area contributed by atoms with E-state index in [0.29, 0.717) is 0 Å². The largest absolute Gasteiger partial charge is 0.455 e. The van der Waals surface area contributed by atoms with Crippen molar-refractivity contribution in [3.05, 3.63) is 45.6 Å². The number of carbonyl (C=O) groups is 1. The number of carbonyl (C=O) groups excluding carboxylic acids is 1. The third kappa shape index (κ3) is 2.77. The van der Waals surface area contributed by atoms with Crippen molar-refractivity contribution in [1.29, 1.82) is 0 Å². The molecule has 0 unspecified atom stereocenters. The van der Waals surface area contributed by atoms with Crippen molar-refractivity contribution < 1.29 is 9.53 Å². The van der Waals surface area contributed by atoms with Gasteiger partial charge in [0.2, 0.25) is 0 Å². The summed E-state index contributed by atoms with van der Waals surface area (Å²) in [5.41, 5.74) is 0.154. The van der Waals surface area contributed by atoms with Crippen LogP contribution in [-0.4, -0.2) is 15.9 Å². The summed E-state index contributed by atoms with van der Waals surface area (Å²) in [6, 6.07) is 3.79. The van der Waals surface area contributed by atoms with Crippen LogP contribution in [0, 0.1) is 0 Å². The Morgan fingerprint density at radius 1 is 1.44 bits per heavy atom. The summed E-state index contributed by atoms with van der Waals surface area (Å²) in [6.45, 7) is 0.251. The Morgan fingerprint density at radius 2 is 2.31 bits per heavy atom. The highest BCUT2D eigenvalue weighted by molar-refractivity contribution is 7.09. The van der Waals surface area contributed by atoms with Crippen LogP contribution in [0.5, 0.6) is 0 Å². The number of aromatic nitrogens is 2. The molecule has 6 heteroatoms. The molecule has 0 spiro atoms. The minimum Gasteiger partial charge on any atom is -0.455 e. The van der Waals surface area contributed by atoms with Crippen molar-refractivity contribution in [1.82, 2.24) is 9.97 Å². The molecule has 0 radical (unpaired) electrons. The zero-order valence-electron chi connectivity index (χ0n) is 8.09. The van der Waals surface area contributed by atoms with Gasteiger partial charge in [-0.05, 0) is 11.4 Å². The Balaban J connectivity index is 1.95. The van der Waals surface area contributed by atoms with Gasteiger partial charge < -0.3 is 4.74 Å². The number of hydrogen-bond acceptors (Lipinski definition) is 5. The van der Waals surface area contributed by atoms with Crippen LogP contribution < -0.4 is 0 Å². The topological polar surface area (TPSA) is 52.1 Å². The smallest absolute Gasteiger partial charge is 0.358 e. The second-order valence-electron chi connectivity index (χ2n) is 2.88. The molecule has 0 amide bonds. The highest BCUT2D eigenvalue weighted by atomic mass is 35.5. The summed E-state index contributed by atoms with van der Waals surface area (Å²) in [6.07, 6.45) is 2.60. The number of thiophene rings is 1. The van der Waals surface area contributed by atoms with Crippen LogP contribution in [0.15, 0.2) is 29.9 Å². The van der Waals surface area contributed by atoms with Crippen molar-refractivity contribution in [3.8, 4) is 0 Å². The van der Waals surface area contributed by atoms with Gasteiger partial charge in [-0.3, -0.25) is 0 Å². The molecule has 0 bridgehead atoms. The SMILES string of the molecule is O=C(OCc1cccs1)c1cnc(Cl)cn1. The highest BCUT2D eigenvalue weighted by Crippen LogP contribution is 2.11. The first-order valence-electron chi connectivity index (χ1n) is 4.43. The molecule has 0 aliphatic heterocycles. The summed E-state index contributed by atoms with van der Waals surface area (Å²) >= 11 is 7.08. The van der Waals surface area contributed by atoms with Crippen LogP contribution in [0.3, 0.4) is 0 Å². The average Bonchev–Trinajstić information content (AvgIpc) is 2.80.